The number of carbonyl (C=O) groups excluding carboxylic acids is 2. The van der Waals surface area contributed by atoms with Crippen molar-refractivity contribution in [2.45, 2.75) is 212 Å². The molecule has 0 aromatic carbocycles. The number of allylic oxidation sites excluding steroid dienone is 1. The zero-order chi connectivity index (χ0) is 33.5. The molecule has 6 nitrogen and oxygen atoms in total. The van der Waals surface area contributed by atoms with Crippen molar-refractivity contribution >= 4 is 11.9 Å². The van der Waals surface area contributed by atoms with Crippen LogP contribution in [0.25, 0.3) is 0 Å². The second-order valence-electron chi connectivity index (χ2n) is 14.2. The summed E-state index contributed by atoms with van der Waals surface area (Å²) in [4.78, 5) is 24.3. The van der Waals surface area contributed by atoms with Crippen LogP contribution < -0.4 is 0 Å². The van der Waals surface area contributed by atoms with E-state index in [0.29, 0.717) is 25.0 Å². The predicted molar refractivity (Wildman–Crippen MR) is 191 cm³/mol. The molecule has 0 bridgehead atoms. The lowest BCUT2D eigenvalue weighted by molar-refractivity contribution is -0.161. The van der Waals surface area contributed by atoms with E-state index in [1.54, 1.807) is 0 Å². The van der Waals surface area contributed by atoms with Crippen molar-refractivity contribution in [3.63, 3.8) is 0 Å². The molecule has 1 aliphatic heterocycles. The molecule has 1 saturated heterocycles. The number of esters is 2. The van der Waals surface area contributed by atoms with E-state index in [1.807, 2.05) is 0 Å². The standard InChI is InChI=1S/C40H74O6/c1-4-5-23-29-37-38(46-37)30-25-20-16-13-14-18-22-27-32-40(43)45-36(33-41)34-44-39(42)31-26-21-17-12-10-8-6-7-9-11-15-19-24-28-35(2)3/h20,25,35-38,41H,4-19,21-24,26-34H2,1-3H3/b25-20-/t36-,37?,38?/m0/s1. The van der Waals surface area contributed by atoms with E-state index in [0.717, 1.165) is 63.7 Å². The van der Waals surface area contributed by atoms with E-state index < -0.39 is 6.10 Å². The molecule has 1 heterocycles. The van der Waals surface area contributed by atoms with Gasteiger partial charge in [0.05, 0.1) is 18.8 Å². The maximum atomic E-state index is 12.2. The number of epoxide rings is 1. The highest BCUT2D eigenvalue weighted by Gasteiger charge is 2.36. The average Bonchev–Trinajstić information content (AvgIpc) is 3.79. The number of aliphatic hydroxyl groups is 1. The summed E-state index contributed by atoms with van der Waals surface area (Å²) in [6, 6.07) is 0. The Labute approximate surface area is 284 Å². The van der Waals surface area contributed by atoms with Crippen LogP contribution in [0.4, 0.5) is 0 Å². The van der Waals surface area contributed by atoms with Crippen LogP contribution in [0.1, 0.15) is 194 Å². The van der Waals surface area contributed by atoms with Gasteiger partial charge in [-0.15, -0.1) is 0 Å². The molecule has 3 atom stereocenters. The minimum atomic E-state index is -0.777. The van der Waals surface area contributed by atoms with Gasteiger partial charge >= 0.3 is 11.9 Å². The van der Waals surface area contributed by atoms with Gasteiger partial charge in [-0.05, 0) is 44.4 Å². The first kappa shape index (κ1) is 42.6. The molecule has 46 heavy (non-hydrogen) atoms. The molecule has 270 valence electrons. The van der Waals surface area contributed by atoms with Crippen molar-refractivity contribution in [2.24, 2.45) is 5.92 Å². The van der Waals surface area contributed by atoms with Gasteiger partial charge in [-0.3, -0.25) is 9.59 Å². The minimum absolute atomic E-state index is 0.0705. The molecule has 0 saturated carbocycles. The Hall–Kier alpha value is -1.40. The molecule has 0 spiro atoms. The minimum Gasteiger partial charge on any atom is -0.462 e. The zero-order valence-electron chi connectivity index (χ0n) is 30.5. The van der Waals surface area contributed by atoms with Crippen molar-refractivity contribution in [3.05, 3.63) is 12.2 Å². The summed E-state index contributed by atoms with van der Waals surface area (Å²) in [5, 5.41) is 9.55. The number of unbranched alkanes of at least 4 members (excludes halogenated alkanes) is 19. The lowest BCUT2D eigenvalue weighted by Gasteiger charge is -2.15. The molecule has 6 heteroatoms. The number of aliphatic hydroxyl groups excluding tert-OH is 1. The van der Waals surface area contributed by atoms with Gasteiger partial charge in [0.15, 0.2) is 6.10 Å². The lowest BCUT2D eigenvalue weighted by atomic mass is 10.0. The van der Waals surface area contributed by atoms with Crippen LogP contribution in [0.3, 0.4) is 0 Å². The third-order valence-electron chi connectivity index (χ3n) is 9.16. The SMILES string of the molecule is CCCCCC1OC1C/C=C\CCCCCCCC(=O)O[C@@H](CO)COC(=O)CCCCCCCCCCCCCCCC(C)C. The number of ether oxygens (including phenoxy) is 3. The average molecular weight is 651 g/mol. The molecular weight excluding hydrogens is 576 g/mol. The number of hydrogen-bond acceptors (Lipinski definition) is 6. The van der Waals surface area contributed by atoms with E-state index in [9.17, 15) is 14.7 Å². The van der Waals surface area contributed by atoms with Crippen molar-refractivity contribution in [1.82, 2.24) is 0 Å². The molecule has 1 N–H and O–H groups in total. The summed E-state index contributed by atoms with van der Waals surface area (Å²) in [6.45, 7) is 6.45. The molecule has 0 amide bonds. The fraction of sp³-hybridized carbons (Fsp3) is 0.900. The van der Waals surface area contributed by atoms with E-state index in [4.69, 9.17) is 14.2 Å². The van der Waals surface area contributed by atoms with Gasteiger partial charge in [0.2, 0.25) is 0 Å². The van der Waals surface area contributed by atoms with Gasteiger partial charge in [0.1, 0.15) is 6.61 Å². The maximum absolute atomic E-state index is 12.2. The van der Waals surface area contributed by atoms with E-state index in [2.05, 4.69) is 32.9 Å². The third-order valence-corrected chi connectivity index (χ3v) is 9.16. The normalized spacial score (nSPS) is 16.7. The van der Waals surface area contributed by atoms with Gasteiger partial charge in [-0.2, -0.15) is 0 Å². The fourth-order valence-corrected chi connectivity index (χ4v) is 6.04. The van der Waals surface area contributed by atoms with Gasteiger partial charge in [-0.1, -0.05) is 155 Å². The number of rotatable bonds is 34. The van der Waals surface area contributed by atoms with Crippen LogP contribution in [0.2, 0.25) is 0 Å². The van der Waals surface area contributed by atoms with E-state index in [-0.39, 0.29) is 25.2 Å². The Balaban J connectivity index is 1.86. The quantitative estimate of drug-likeness (QED) is 0.0323. The largest absolute Gasteiger partial charge is 0.462 e. The first-order chi connectivity index (χ1) is 22.5. The van der Waals surface area contributed by atoms with Gasteiger partial charge in [0, 0.05) is 12.8 Å². The van der Waals surface area contributed by atoms with Crippen molar-refractivity contribution in [2.75, 3.05) is 13.2 Å². The first-order valence-electron chi connectivity index (χ1n) is 19.7. The summed E-state index contributed by atoms with van der Waals surface area (Å²) < 4.78 is 16.3. The predicted octanol–water partition coefficient (Wildman–Crippen LogP) is 11.0. The highest BCUT2D eigenvalue weighted by atomic mass is 16.6. The summed E-state index contributed by atoms with van der Waals surface area (Å²) in [5.74, 6) is 0.239. The molecular formula is C40H74O6. The summed E-state index contributed by atoms with van der Waals surface area (Å²) >= 11 is 0. The summed E-state index contributed by atoms with van der Waals surface area (Å²) in [6.07, 6.45) is 35.8. The van der Waals surface area contributed by atoms with Crippen molar-refractivity contribution in [1.29, 1.82) is 0 Å². The summed E-state index contributed by atoms with van der Waals surface area (Å²) in [5.41, 5.74) is 0. The van der Waals surface area contributed by atoms with Crippen molar-refractivity contribution in [3.8, 4) is 0 Å². The van der Waals surface area contributed by atoms with Crippen LogP contribution >= 0.6 is 0 Å². The molecule has 0 radical (unpaired) electrons. The highest BCUT2D eigenvalue weighted by Crippen LogP contribution is 2.30. The fourth-order valence-electron chi connectivity index (χ4n) is 6.04. The molecule has 1 rings (SSSR count). The number of carbonyl (C=O) groups is 2. The molecule has 1 fully saturated rings. The Morgan fingerprint density at radius 1 is 0.674 bits per heavy atom. The third kappa shape index (κ3) is 27.7. The first-order valence-corrected chi connectivity index (χ1v) is 19.7. The van der Waals surface area contributed by atoms with Crippen LogP contribution in [-0.4, -0.2) is 48.6 Å². The molecule has 1 aliphatic rings. The number of hydrogen-bond donors (Lipinski definition) is 1. The Morgan fingerprint density at radius 3 is 1.78 bits per heavy atom. The Bertz CT molecular complexity index is 735. The lowest BCUT2D eigenvalue weighted by Crippen LogP contribution is -2.28. The van der Waals surface area contributed by atoms with Gasteiger partial charge < -0.3 is 19.3 Å². The molecule has 0 aromatic rings. The van der Waals surface area contributed by atoms with E-state index in [1.165, 1.54) is 103 Å². The Morgan fingerprint density at radius 2 is 1.22 bits per heavy atom. The monoisotopic (exact) mass is 651 g/mol. The second kappa shape index (κ2) is 30.9. The molecule has 0 aromatic heterocycles. The van der Waals surface area contributed by atoms with Gasteiger partial charge in [-0.25, -0.2) is 0 Å². The van der Waals surface area contributed by atoms with E-state index >= 15 is 0 Å². The van der Waals surface area contributed by atoms with Crippen LogP contribution in [0.5, 0.6) is 0 Å². The maximum Gasteiger partial charge on any atom is 0.306 e. The smallest absolute Gasteiger partial charge is 0.306 e. The molecule has 2 unspecified atom stereocenters. The highest BCUT2D eigenvalue weighted by molar-refractivity contribution is 5.70. The van der Waals surface area contributed by atoms with Crippen LogP contribution in [-0.2, 0) is 23.8 Å². The molecule has 0 aliphatic carbocycles. The second-order valence-corrected chi connectivity index (χ2v) is 14.2. The summed E-state index contributed by atoms with van der Waals surface area (Å²) in [7, 11) is 0. The van der Waals surface area contributed by atoms with Crippen LogP contribution in [0, 0.1) is 5.92 Å². The Kier molecular flexibility index (Phi) is 28.6. The van der Waals surface area contributed by atoms with Crippen molar-refractivity contribution < 1.29 is 28.9 Å². The van der Waals surface area contributed by atoms with Crippen LogP contribution in [0.15, 0.2) is 12.2 Å². The van der Waals surface area contributed by atoms with Gasteiger partial charge in [0.25, 0.3) is 0 Å². The topological polar surface area (TPSA) is 85.4 Å². The zero-order valence-corrected chi connectivity index (χ0v) is 30.5.